The minimum atomic E-state index is -0.500. The first-order chi connectivity index (χ1) is 12.2. The molecule has 0 spiro atoms. The second-order valence-electron chi connectivity index (χ2n) is 4.87. The molecule has 9 heteroatoms. The van der Waals surface area contributed by atoms with Crippen LogP contribution in [0.2, 0.25) is 0 Å². The molecule has 0 unspecified atom stereocenters. The molecule has 0 bridgehead atoms. The molecule has 0 atom stereocenters. The van der Waals surface area contributed by atoms with Gasteiger partial charge in [0.2, 0.25) is 5.91 Å². The highest BCUT2D eigenvalue weighted by atomic mass is 32.1. The smallest absolute Gasteiger partial charge is 0.357 e. The number of anilines is 1. The van der Waals surface area contributed by atoms with Crippen molar-refractivity contribution in [1.82, 2.24) is 15.0 Å². The number of esters is 1. The van der Waals surface area contributed by atoms with Gasteiger partial charge in [-0.3, -0.25) is 9.78 Å². The Morgan fingerprint density at radius 2 is 2.12 bits per heavy atom. The van der Waals surface area contributed by atoms with Crippen LogP contribution < -0.4 is 5.32 Å². The topological polar surface area (TPSA) is 94.1 Å². The number of ether oxygens (including phenoxy) is 1. The van der Waals surface area contributed by atoms with Crippen LogP contribution in [0.25, 0.3) is 10.6 Å². The Labute approximate surface area is 151 Å². The molecule has 0 aromatic carbocycles. The molecular weight excluding hydrogens is 360 g/mol. The van der Waals surface area contributed by atoms with E-state index in [1.807, 2.05) is 17.5 Å². The summed E-state index contributed by atoms with van der Waals surface area (Å²) >= 11 is 2.63. The van der Waals surface area contributed by atoms with Gasteiger partial charge in [-0.05, 0) is 19.1 Å². The van der Waals surface area contributed by atoms with E-state index in [1.165, 1.54) is 22.7 Å². The molecule has 0 radical (unpaired) electrons. The van der Waals surface area contributed by atoms with Gasteiger partial charge in [0.15, 0.2) is 10.8 Å². The van der Waals surface area contributed by atoms with E-state index in [1.54, 1.807) is 24.7 Å². The quantitative estimate of drug-likeness (QED) is 0.667. The van der Waals surface area contributed by atoms with Crippen LogP contribution in [0.5, 0.6) is 0 Å². The van der Waals surface area contributed by atoms with Crippen molar-refractivity contribution in [1.29, 1.82) is 0 Å². The summed E-state index contributed by atoms with van der Waals surface area (Å²) in [5, 5.41) is 7.24. The van der Waals surface area contributed by atoms with Crippen molar-refractivity contribution in [3.05, 3.63) is 46.7 Å². The summed E-state index contributed by atoms with van der Waals surface area (Å²) in [4.78, 5) is 36.2. The lowest BCUT2D eigenvalue weighted by Gasteiger charge is -1.99. The standard InChI is InChI=1S/C16H14N4O3S2/c1-2-23-15(22)12-9-25-16(19-12)20-13(21)6-11-8-24-14(18-11)10-4-3-5-17-7-10/h3-5,7-9H,2,6H2,1H3,(H,19,20,21). The van der Waals surface area contributed by atoms with Crippen LogP contribution >= 0.6 is 22.7 Å². The average Bonchev–Trinajstić information content (AvgIpc) is 3.25. The van der Waals surface area contributed by atoms with E-state index < -0.39 is 5.97 Å². The molecule has 0 aliphatic rings. The van der Waals surface area contributed by atoms with Gasteiger partial charge in [-0.1, -0.05) is 0 Å². The van der Waals surface area contributed by atoms with Crippen molar-refractivity contribution < 1.29 is 14.3 Å². The molecule has 128 valence electrons. The van der Waals surface area contributed by atoms with Crippen molar-refractivity contribution in [2.24, 2.45) is 0 Å². The fourth-order valence-electron chi connectivity index (χ4n) is 1.97. The number of hydrogen-bond donors (Lipinski definition) is 1. The summed E-state index contributed by atoms with van der Waals surface area (Å²) in [6.07, 6.45) is 3.56. The molecule has 3 rings (SSSR count). The number of rotatable bonds is 6. The lowest BCUT2D eigenvalue weighted by molar-refractivity contribution is -0.115. The van der Waals surface area contributed by atoms with Crippen molar-refractivity contribution in [2.45, 2.75) is 13.3 Å². The first-order valence-corrected chi connectivity index (χ1v) is 9.19. The van der Waals surface area contributed by atoms with Crippen LogP contribution in [0.3, 0.4) is 0 Å². The van der Waals surface area contributed by atoms with Crippen LogP contribution in [0.15, 0.2) is 35.3 Å². The zero-order valence-electron chi connectivity index (χ0n) is 13.3. The fraction of sp³-hybridized carbons (Fsp3) is 0.188. The number of amides is 1. The summed E-state index contributed by atoms with van der Waals surface area (Å²) in [5.41, 5.74) is 1.77. The number of aromatic nitrogens is 3. The van der Waals surface area contributed by atoms with Gasteiger partial charge in [-0.2, -0.15) is 0 Å². The highest BCUT2D eigenvalue weighted by Gasteiger charge is 2.14. The molecule has 0 saturated carbocycles. The predicted octanol–water partition coefficient (Wildman–Crippen LogP) is 3.02. The third kappa shape index (κ3) is 4.46. The van der Waals surface area contributed by atoms with Gasteiger partial charge in [-0.25, -0.2) is 14.8 Å². The lowest BCUT2D eigenvalue weighted by Crippen LogP contribution is -2.15. The van der Waals surface area contributed by atoms with E-state index in [9.17, 15) is 9.59 Å². The van der Waals surface area contributed by atoms with Crippen LogP contribution in [-0.4, -0.2) is 33.4 Å². The van der Waals surface area contributed by atoms with E-state index in [0.29, 0.717) is 10.8 Å². The zero-order chi connectivity index (χ0) is 17.6. The van der Waals surface area contributed by atoms with Gasteiger partial charge in [0, 0.05) is 28.7 Å². The molecule has 25 heavy (non-hydrogen) atoms. The SMILES string of the molecule is CCOC(=O)c1csc(NC(=O)Cc2csc(-c3cccnc3)n2)n1. The number of hydrogen-bond acceptors (Lipinski definition) is 8. The number of pyridine rings is 1. The summed E-state index contributed by atoms with van der Waals surface area (Å²) < 4.78 is 4.87. The van der Waals surface area contributed by atoms with Gasteiger partial charge in [-0.15, -0.1) is 22.7 Å². The maximum Gasteiger partial charge on any atom is 0.357 e. The third-order valence-electron chi connectivity index (χ3n) is 3.04. The second kappa shape index (κ2) is 7.95. The van der Waals surface area contributed by atoms with Gasteiger partial charge in [0.05, 0.1) is 18.7 Å². The summed E-state index contributed by atoms with van der Waals surface area (Å²) in [6.45, 7) is 2.00. The van der Waals surface area contributed by atoms with E-state index >= 15 is 0 Å². The summed E-state index contributed by atoms with van der Waals surface area (Å²) in [7, 11) is 0. The van der Waals surface area contributed by atoms with Gasteiger partial charge < -0.3 is 10.1 Å². The molecule has 1 N–H and O–H groups in total. The number of carbonyl (C=O) groups excluding carboxylic acids is 2. The fourth-order valence-corrected chi connectivity index (χ4v) is 3.47. The molecule has 0 aliphatic carbocycles. The molecule has 3 heterocycles. The van der Waals surface area contributed by atoms with Crippen molar-refractivity contribution >= 4 is 39.7 Å². The molecule has 0 saturated heterocycles. The Hall–Kier alpha value is -2.65. The second-order valence-corrected chi connectivity index (χ2v) is 6.59. The highest BCUT2D eigenvalue weighted by Crippen LogP contribution is 2.23. The van der Waals surface area contributed by atoms with E-state index in [0.717, 1.165) is 10.6 Å². The maximum absolute atomic E-state index is 12.1. The first kappa shape index (κ1) is 17.2. The van der Waals surface area contributed by atoms with Gasteiger partial charge >= 0.3 is 5.97 Å². The number of nitrogens with zero attached hydrogens (tertiary/aromatic N) is 3. The van der Waals surface area contributed by atoms with Crippen molar-refractivity contribution in [3.63, 3.8) is 0 Å². The normalized spacial score (nSPS) is 10.4. The third-order valence-corrected chi connectivity index (χ3v) is 4.73. The van der Waals surface area contributed by atoms with Crippen LogP contribution in [0.1, 0.15) is 23.1 Å². The lowest BCUT2D eigenvalue weighted by atomic mass is 10.3. The number of thiazole rings is 2. The Bertz CT molecular complexity index is 876. The van der Waals surface area contributed by atoms with E-state index in [2.05, 4.69) is 20.3 Å². The molecule has 3 aromatic heterocycles. The Morgan fingerprint density at radius 3 is 2.88 bits per heavy atom. The minimum absolute atomic E-state index is 0.130. The van der Waals surface area contributed by atoms with Crippen LogP contribution in [-0.2, 0) is 16.0 Å². The molecule has 0 fully saturated rings. The Morgan fingerprint density at radius 1 is 1.24 bits per heavy atom. The van der Waals surface area contributed by atoms with Crippen LogP contribution in [0.4, 0.5) is 5.13 Å². The molecule has 7 nitrogen and oxygen atoms in total. The van der Waals surface area contributed by atoms with Crippen molar-refractivity contribution in [3.8, 4) is 10.6 Å². The average molecular weight is 374 g/mol. The first-order valence-electron chi connectivity index (χ1n) is 7.43. The minimum Gasteiger partial charge on any atom is -0.461 e. The molecule has 0 aliphatic heterocycles. The largest absolute Gasteiger partial charge is 0.461 e. The Kier molecular flexibility index (Phi) is 5.46. The Balaban J connectivity index is 1.60. The molecule has 1 amide bonds. The van der Waals surface area contributed by atoms with E-state index in [-0.39, 0.29) is 24.6 Å². The summed E-state index contributed by atoms with van der Waals surface area (Å²) in [6, 6.07) is 3.76. The predicted molar refractivity (Wildman–Crippen MR) is 95.7 cm³/mol. The van der Waals surface area contributed by atoms with Gasteiger partial charge in [0.1, 0.15) is 5.01 Å². The van der Waals surface area contributed by atoms with Crippen molar-refractivity contribution in [2.75, 3.05) is 11.9 Å². The molecule has 3 aromatic rings. The monoisotopic (exact) mass is 374 g/mol. The molecular formula is C16H14N4O3S2. The maximum atomic E-state index is 12.1. The highest BCUT2D eigenvalue weighted by molar-refractivity contribution is 7.14. The number of carbonyl (C=O) groups is 2. The van der Waals surface area contributed by atoms with E-state index in [4.69, 9.17) is 4.74 Å². The number of nitrogens with one attached hydrogen (secondary N) is 1. The summed E-state index contributed by atoms with van der Waals surface area (Å²) in [5.74, 6) is -0.743. The zero-order valence-corrected chi connectivity index (χ0v) is 14.9. The van der Waals surface area contributed by atoms with Crippen LogP contribution in [0, 0.1) is 0 Å². The van der Waals surface area contributed by atoms with Gasteiger partial charge in [0.25, 0.3) is 0 Å².